The molecule has 216 valence electrons. The Bertz CT molecular complexity index is 1970. The highest BCUT2D eigenvalue weighted by Gasteiger charge is 2.33. The van der Waals surface area contributed by atoms with Gasteiger partial charge in [0.05, 0.1) is 16.4 Å². The molecule has 0 bridgehead atoms. The van der Waals surface area contributed by atoms with Gasteiger partial charge in [0.25, 0.3) is 5.91 Å². The van der Waals surface area contributed by atoms with Crippen LogP contribution >= 0.6 is 34.8 Å². The molecule has 1 aliphatic heterocycles. The van der Waals surface area contributed by atoms with Crippen LogP contribution in [0, 0.1) is 0 Å². The van der Waals surface area contributed by atoms with Crippen molar-refractivity contribution in [2.45, 2.75) is 6.54 Å². The molecule has 2 heterocycles. The molecule has 11 heteroatoms. The van der Waals surface area contributed by atoms with E-state index in [2.05, 4.69) is 0 Å². The number of anilines is 1. The van der Waals surface area contributed by atoms with Gasteiger partial charge in [0, 0.05) is 28.4 Å². The van der Waals surface area contributed by atoms with Gasteiger partial charge in [0.15, 0.2) is 0 Å². The third kappa shape index (κ3) is 6.48. The molecule has 6 rings (SSSR count). The summed E-state index contributed by atoms with van der Waals surface area (Å²) in [6.45, 7) is 0.208. The van der Waals surface area contributed by atoms with Crippen LogP contribution in [0.3, 0.4) is 0 Å². The van der Waals surface area contributed by atoms with Gasteiger partial charge in [-0.2, -0.15) is 8.42 Å². The molecule has 0 unspecified atom stereocenters. The summed E-state index contributed by atoms with van der Waals surface area (Å²) in [6, 6.07) is 28.2. The number of rotatable bonds is 7. The van der Waals surface area contributed by atoms with Gasteiger partial charge in [0.1, 0.15) is 12.4 Å². The van der Waals surface area contributed by atoms with Gasteiger partial charge in [-0.3, -0.25) is 4.79 Å². The molecule has 0 saturated carbocycles. The third-order valence-electron chi connectivity index (χ3n) is 6.91. The van der Waals surface area contributed by atoms with E-state index in [1.807, 2.05) is 94.4 Å². The molecule has 0 aliphatic carbocycles. The summed E-state index contributed by atoms with van der Waals surface area (Å²) < 4.78 is 29.5. The molecule has 1 saturated heterocycles. The Kier molecular flexibility index (Phi) is 8.03. The third-order valence-corrected chi connectivity index (χ3v) is 9.09. The van der Waals surface area contributed by atoms with Gasteiger partial charge >= 0.3 is 10.2 Å². The van der Waals surface area contributed by atoms with E-state index in [0.717, 1.165) is 32.1 Å². The Hall–Kier alpha value is -4.08. The lowest BCUT2D eigenvalue weighted by Gasteiger charge is -2.15. The van der Waals surface area contributed by atoms with Crippen molar-refractivity contribution < 1.29 is 13.2 Å². The number of hydrogen-bond acceptors (Lipinski definition) is 4. The smallest absolute Gasteiger partial charge is 0.326 e. The van der Waals surface area contributed by atoms with E-state index in [0.29, 0.717) is 38.8 Å². The second-order valence-electron chi connectivity index (χ2n) is 9.91. The van der Waals surface area contributed by atoms with Crippen LogP contribution in [0.15, 0.2) is 97.2 Å². The fourth-order valence-electron chi connectivity index (χ4n) is 4.78. The van der Waals surface area contributed by atoms with Crippen LogP contribution in [-0.2, 0) is 21.5 Å². The monoisotopic (exact) mass is 648 g/mol. The molecule has 1 N–H and O–H groups in total. The van der Waals surface area contributed by atoms with Crippen molar-refractivity contribution in [1.29, 1.82) is 0 Å². The Morgan fingerprint density at radius 1 is 0.837 bits per heavy atom. The van der Waals surface area contributed by atoms with Gasteiger partial charge in [-0.05, 0) is 70.8 Å². The minimum Gasteiger partial charge on any atom is -0.326 e. The Balaban J connectivity index is 1.29. The number of carbonyl (C=O) groups is 1. The van der Waals surface area contributed by atoms with Crippen molar-refractivity contribution in [3.8, 4) is 22.4 Å². The maximum Gasteiger partial charge on any atom is 0.326 e. The second-order valence-corrected chi connectivity index (χ2v) is 12.8. The highest BCUT2D eigenvalue weighted by Crippen LogP contribution is 2.31. The SMILES string of the molecule is O=C1CN(c2ccc(Cn3cc(-c4ccc(Cl)cc4Cl)nc3/C=C/c3ccc(-c4cccc(Cl)c4)cc3)cc2)S(=O)(=O)N1. The first kappa shape index (κ1) is 29.0. The molecular weight excluding hydrogens is 627 g/mol. The van der Waals surface area contributed by atoms with Crippen molar-refractivity contribution >= 4 is 68.8 Å². The van der Waals surface area contributed by atoms with Gasteiger partial charge in [-0.15, -0.1) is 0 Å². The molecule has 5 aromatic rings. The standard InChI is InChI=1S/C32H23Cl3N4O3S/c33-25-3-1-2-24(16-25)23-9-4-21(5-10-23)8-15-31-36-30(28-14-11-26(34)17-29(28)35)19-38(31)18-22-6-12-27(13-7-22)39-20-32(40)37-43(39,41)42/h1-17,19H,18,20H2,(H,37,40)/b15-8+. The highest BCUT2D eigenvalue weighted by atomic mass is 35.5. The highest BCUT2D eigenvalue weighted by molar-refractivity contribution is 7.92. The lowest BCUT2D eigenvalue weighted by Crippen LogP contribution is -2.29. The minimum atomic E-state index is -3.87. The van der Waals surface area contributed by atoms with Crippen LogP contribution in [0.5, 0.6) is 0 Å². The van der Waals surface area contributed by atoms with Crippen LogP contribution in [0.1, 0.15) is 17.0 Å². The molecule has 4 aromatic carbocycles. The van der Waals surface area contributed by atoms with Crippen LogP contribution in [-0.4, -0.2) is 30.4 Å². The fourth-order valence-corrected chi connectivity index (χ4v) is 6.63. The molecule has 0 radical (unpaired) electrons. The number of halogens is 3. The Morgan fingerprint density at radius 3 is 2.26 bits per heavy atom. The zero-order valence-electron chi connectivity index (χ0n) is 22.4. The number of carbonyl (C=O) groups excluding carboxylic acids is 1. The summed E-state index contributed by atoms with van der Waals surface area (Å²) in [5.41, 5.74) is 5.84. The van der Waals surface area contributed by atoms with Crippen molar-refractivity contribution in [3.05, 3.63) is 129 Å². The lowest BCUT2D eigenvalue weighted by molar-refractivity contribution is -0.117. The second kappa shape index (κ2) is 11.9. The molecular formula is C32H23Cl3N4O3S. The largest absolute Gasteiger partial charge is 0.326 e. The van der Waals surface area contributed by atoms with E-state index in [1.54, 1.807) is 24.3 Å². The molecule has 1 amide bonds. The van der Waals surface area contributed by atoms with Gasteiger partial charge in [0.2, 0.25) is 0 Å². The average Bonchev–Trinajstić information content (AvgIpc) is 3.50. The maximum absolute atomic E-state index is 12.2. The molecule has 1 fully saturated rings. The number of nitrogens with zero attached hydrogens (tertiary/aromatic N) is 3. The van der Waals surface area contributed by atoms with E-state index in [4.69, 9.17) is 39.8 Å². The number of aromatic nitrogens is 2. The minimum absolute atomic E-state index is 0.247. The topological polar surface area (TPSA) is 84.3 Å². The Labute approximate surface area is 264 Å². The first-order valence-electron chi connectivity index (χ1n) is 13.1. The zero-order valence-corrected chi connectivity index (χ0v) is 25.5. The zero-order chi connectivity index (χ0) is 30.1. The van der Waals surface area contributed by atoms with E-state index < -0.39 is 16.1 Å². The van der Waals surface area contributed by atoms with Crippen molar-refractivity contribution in [3.63, 3.8) is 0 Å². The molecule has 0 atom stereocenters. The molecule has 0 spiro atoms. The van der Waals surface area contributed by atoms with Crippen LogP contribution in [0.4, 0.5) is 5.69 Å². The fraction of sp³-hybridized carbons (Fsp3) is 0.0625. The van der Waals surface area contributed by atoms with E-state index in [9.17, 15) is 13.2 Å². The molecule has 43 heavy (non-hydrogen) atoms. The van der Waals surface area contributed by atoms with Crippen LogP contribution < -0.4 is 9.03 Å². The predicted molar refractivity (Wildman–Crippen MR) is 173 cm³/mol. The van der Waals surface area contributed by atoms with Crippen molar-refractivity contribution in [2.24, 2.45) is 0 Å². The quantitative estimate of drug-likeness (QED) is 0.197. The van der Waals surface area contributed by atoms with Crippen molar-refractivity contribution in [1.82, 2.24) is 14.3 Å². The lowest BCUT2D eigenvalue weighted by atomic mass is 10.0. The molecule has 1 aliphatic rings. The number of nitrogens with one attached hydrogen (secondary N) is 1. The molecule has 1 aromatic heterocycles. The predicted octanol–water partition coefficient (Wildman–Crippen LogP) is 7.58. The summed E-state index contributed by atoms with van der Waals surface area (Å²) in [5, 5.41) is 1.71. The number of benzene rings is 4. The summed E-state index contributed by atoms with van der Waals surface area (Å²) in [6.07, 6.45) is 5.84. The summed E-state index contributed by atoms with van der Waals surface area (Å²) in [5.74, 6) is 0.132. The first-order valence-corrected chi connectivity index (χ1v) is 15.7. The number of hydrogen-bond donors (Lipinski definition) is 1. The van der Waals surface area contributed by atoms with Gasteiger partial charge < -0.3 is 4.57 Å². The van der Waals surface area contributed by atoms with Gasteiger partial charge in [-0.1, -0.05) is 89.4 Å². The van der Waals surface area contributed by atoms with Crippen LogP contribution in [0.25, 0.3) is 34.5 Å². The first-order chi connectivity index (χ1) is 20.6. The average molecular weight is 650 g/mol. The maximum atomic E-state index is 12.2. The van der Waals surface area contributed by atoms with Crippen molar-refractivity contribution in [2.75, 3.05) is 10.8 Å². The van der Waals surface area contributed by atoms with E-state index in [-0.39, 0.29) is 6.54 Å². The van der Waals surface area contributed by atoms with E-state index >= 15 is 0 Å². The Morgan fingerprint density at radius 2 is 1.58 bits per heavy atom. The number of amides is 1. The summed E-state index contributed by atoms with van der Waals surface area (Å²) in [7, 11) is -3.87. The summed E-state index contributed by atoms with van der Waals surface area (Å²) in [4.78, 5) is 16.5. The van der Waals surface area contributed by atoms with E-state index in [1.165, 1.54) is 0 Å². The molecule has 7 nitrogen and oxygen atoms in total. The normalized spacial score (nSPS) is 14.4. The van der Waals surface area contributed by atoms with Gasteiger partial charge in [-0.25, -0.2) is 14.0 Å². The van der Waals surface area contributed by atoms with Crippen LogP contribution in [0.2, 0.25) is 15.1 Å². The number of imidazole rings is 1. The summed E-state index contributed by atoms with van der Waals surface area (Å²) >= 11 is 18.8.